The van der Waals surface area contributed by atoms with E-state index in [4.69, 9.17) is 16.0 Å². The van der Waals surface area contributed by atoms with Crippen molar-refractivity contribution in [3.63, 3.8) is 0 Å². The van der Waals surface area contributed by atoms with Crippen molar-refractivity contribution in [2.45, 2.75) is 0 Å². The maximum absolute atomic E-state index is 5.54. The first-order valence-corrected chi connectivity index (χ1v) is 4.26. The Bertz CT molecular complexity index is 422. The lowest BCUT2D eigenvalue weighted by Crippen LogP contribution is -1.81. The molecule has 0 aliphatic heterocycles. The van der Waals surface area contributed by atoms with Gasteiger partial charge in [0.1, 0.15) is 5.76 Å². The Morgan fingerprint density at radius 1 is 1.14 bits per heavy atom. The number of oxazole rings is 1. The Hall–Kier alpha value is -1.68. The van der Waals surface area contributed by atoms with Crippen LogP contribution in [0.3, 0.4) is 0 Å². The van der Waals surface area contributed by atoms with E-state index in [1.54, 1.807) is 24.7 Å². The first-order chi connectivity index (χ1) is 6.84. The van der Waals surface area contributed by atoms with Gasteiger partial charge in [-0.3, -0.25) is 0 Å². The standard InChI is InChI=1S/C9H6ClN3O/c10-9-12-3-7(4-13-9)1-2-8-5-11-6-14-8/h1-6H. The third kappa shape index (κ3) is 2.17. The highest BCUT2D eigenvalue weighted by Gasteiger charge is 1.92. The molecule has 0 radical (unpaired) electrons. The summed E-state index contributed by atoms with van der Waals surface area (Å²) in [6.07, 6.45) is 9.84. The van der Waals surface area contributed by atoms with Crippen LogP contribution in [0.25, 0.3) is 12.2 Å². The minimum absolute atomic E-state index is 0.238. The van der Waals surface area contributed by atoms with Gasteiger partial charge in [-0.15, -0.1) is 0 Å². The van der Waals surface area contributed by atoms with E-state index in [-0.39, 0.29) is 5.28 Å². The van der Waals surface area contributed by atoms with Crippen molar-refractivity contribution in [2.24, 2.45) is 0 Å². The third-order valence-corrected chi connectivity index (χ3v) is 1.73. The predicted octanol–water partition coefficient (Wildman–Crippen LogP) is 2.29. The molecule has 0 aromatic carbocycles. The number of halogens is 1. The van der Waals surface area contributed by atoms with E-state index in [1.165, 1.54) is 6.39 Å². The molecule has 0 aliphatic carbocycles. The quantitative estimate of drug-likeness (QED) is 0.709. The second-order valence-corrected chi connectivity index (χ2v) is 2.86. The predicted molar refractivity (Wildman–Crippen MR) is 52.5 cm³/mol. The summed E-state index contributed by atoms with van der Waals surface area (Å²) in [5, 5.41) is 0.238. The molecule has 2 heterocycles. The van der Waals surface area contributed by atoms with Crippen LogP contribution < -0.4 is 0 Å². The van der Waals surface area contributed by atoms with Crippen LogP contribution in [-0.4, -0.2) is 15.0 Å². The molecule has 0 N–H and O–H groups in total. The summed E-state index contributed by atoms with van der Waals surface area (Å²) in [6.45, 7) is 0. The molecule has 0 amide bonds. The van der Waals surface area contributed by atoms with Crippen molar-refractivity contribution in [2.75, 3.05) is 0 Å². The maximum Gasteiger partial charge on any atom is 0.222 e. The Balaban J connectivity index is 2.15. The molecular formula is C9H6ClN3O. The summed E-state index contributed by atoms with van der Waals surface area (Å²) in [4.78, 5) is 11.5. The van der Waals surface area contributed by atoms with E-state index >= 15 is 0 Å². The fourth-order valence-corrected chi connectivity index (χ4v) is 0.992. The fraction of sp³-hybridized carbons (Fsp3) is 0. The lowest BCUT2D eigenvalue weighted by Gasteiger charge is -1.90. The molecule has 5 heteroatoms. The number of aromatic nitrogens is 3. The lowest BCUT2D eigenvalue weighted by molar-refractivity contribution is 0.548. The monoisotopic (exact) mass is 207 g/mol. The van der Waals surface area contributed by atoms with E-state index in [2.05, 4.69) is 15.0 Å². The van der Waals surface area contributed by atoms with Gasteiger partial charge in [0.2, 0.25) is 5.28 Å². The van der Waals surface area contributed by atoms with Crippen LogP contribution in [0.4, 0.5) is 0 Å². The van der Waals surface area contributed by atoms with Crippen LogP contribution in [0.5, 0.6) is 0 Å². The van der Waals surface area contributed by atoms with Crippen molar-refractivity contribution in [1.29, 1.82) is 0 Å². The van der Waals surface area contributed by atoms with Crippen molar-refractivity contribution in [3.05, 3.63) is 41.6 Å². The molecule has 2 rings (SSSR count). The molecule has 0 atom stereocenters. The van der Waals surface area contributed by atoms with Gasteiger partial charge in [-0.1, -0.05) is 0 Å². The maximum atomic E-state index is 5.54. The number of nitrogens with zero attached hydrogens (tertiary/aromatic N) is 3. The minimum Gasteiger partial charge on any atom is -0.444 e. The zero-order chi connectivity index (χ0) is 9.80. The SMILES string of the molecule is Clc1ncc(C=Cc2cnco2)cn1. The summed E-state index contributed by atoms with van der Waals surface area (Å²) in [6, 6.07) is 0. The smallest absolute Gasteiger partial charge is 0.222 e. The Morgan fingerprint density at radius 3 is 2.57 bits per heavy atom. The average molecular weight is 208 g/mol. The summed E-state index contributed by atoms with van der Waals surface area (Å²) in [5.74, 6) is 0.681. The van der Waals surface area contributed by atoms with Gasteiger partial charge in [-0.05, 0) is 23.8 Å². The molecular weight excluding hydrogens is 202 g/mol. The first kappa shape index (κ1) is 8.90. The van der Waals surface area contributed by atoms with E-state index < -0.39 is 0 Å². The zero-order valence-electron chi connectivity index (χ0n) is 7.09. The molecule has 0 saturated heterocycles. The van der Waals surface area contributed by atoms with Crippen LogP contribution in [0.2, 0.25) is 5.28 Å². The van der Waals surface area contributed by atoms with Gasteiger partial charge >= 0.3 is 0 Å². The highest BCUT2D eigenvalue weighted by Crippen LogP contribution is 2.06. The normalized spacial score (nSPS) is 10.9. The largest absolute Gasteiger partial charge is 0.444 e. The van der Waals surface area contributed by atoms with Crippen LogP contribution in [0.1, 0.15) is 11.3 Å². The van der Waals surface area contributed by atoms with Crippen molar-refractivity contribution >= 4 is 23.8 Å². The van der Waals surface area contributed by atoms with Crippen LogP contribution in [-0.2, 0) is 0 Å². The van der Waals surface area contributed by atoms with Crippen molar-refractivity contribution in [3.8, 4) is 0 Å². The molecule has 70 valence electrons. The molecule has 14 heavy (non-hydrogen) atoms. The van der Waals surface area contributed by atoms with E-state index in [1.807, 2.05) is 6.08 Å². The van der Waals surface area contributed by atoms with Crippen LogP contribution in [0.15, 0.2) is 29.4 Å². The Kier molecular flexibility index (Phi) is 2.55. The number of hydrogen-bond acceptors (Lipinski definition) is 4. The van der Waals surface area contributed by atoms with Gasteiger partial charge in [-0.2, -0.15) is 0 Å². The zero-order valence-corrected chi connectivity index (χ0v) is 7.85. The molecule has 2 aromatic heterocycles. The van der Waals surface area contributed by atoms with E-state index in [9.17, 15) is 0 Å². The van der Waals surface area contributed by atoms with Gasteiger partial charge < -0.3 is 4.42 Å². The summed E-state index contributed by atoms with van der Waals surface area (Å²) in [5.41, 5.74) is 0.853. The first-order valence-electron chi connectivity index (χ1n) is 3.89. The van der Waals surface area contributed by atoms with Gasteiger partial charge in [0.15, 0.2) is 6.39 Å². The highest BCUT2D eigenvalue weighted by molar-refractivity contribution is 6.28. The van der Waals surface area contributed by atoms with E-state index in [0.29, 0.717) is 5.76 Å². The third-order valence-electron chi connectivity index (χ3n) is 1.53. The summed E-state index contributed by atoms with van der Waals surface area (Å²) in [7, 11) is 0. The van der Waals surface area contributed by atoms with Gasteiger partial charge in [0.25, 0.3) is 0 Å². The van der Waals surface area contributed by atoms with Crippen molar-refractivity contribution < 1.29 is 4.42 Å². The minimum atomic E-state index is 0.238. The molecule has 0 fully saturated rings. The molecule has 0 saturated carbocycles. The molecule has 2 aromatic rings. The fourth-order valence-electron chi connectivity index (χ4n) is 0.895. The summed E-state index contributed by atoms with van der Waals surface area (Å²) >= 11 is 5.54. The topological polar surface area (TPSA) is 51.8 Å². The Labute approximate surface area is 85.3 Å². The van der Waals surface area contributed by atoms with Crippen LogP contribution >= 0.6 is 11.6 Å². The second kappa shape index (κ2) is 4.02. The van der Waals surface area contributed by atoms with Gasteiger partial charge in [-0.25, -0.2) is 15.0 Å². The molecule has 4 nitrogen and oxygen atoms in total. The molecule has 0 unspecified atom stereocenters. The lowest BCUT2D eigenvalue weighted by atomic mass is 10.3. The average Bonchev–Trinajstić information content (AvgIpc) is 2.70. The molecule has 0 aliphatic rings. The highest BCUT2D eigenvalue weighted by atomic mass is 35.5. The van der Waals surface area contributed by atoms with Gasteiger partial charge in [0, 0.05) is 18.0 Å². The van der Waals surface area contributed by atoms with Crippen LogP contribution in [0, 0.1) is 0 Å². The summed E-state index contributed by atoms with van der Waals surface area (Å²) < 4.78 is 5.01. The second-order valence-electron chi connectivity index (χ2n) is 2.52. The molecule has 0 bridgehead atoms. The van der Waals surface area contributed by atoms with E-state index in [0.717, 1.165) is 5.56 Å². The number of hydrogen-bond donors (Lipinski definition) is 0. The van der Waals surface area contributed by atoms with Crippen molar-refractivity contribution in [1.82, 2.24) is 15.0 Å². The Morgan fingerprint density at radius 2 is 1.93 bits per heavy atom. The number of rotatable bonds is 2. The molecule has 0 spiro atoms. The van der Waals surface area contributed by atoms with Gasteiger partial charge in [0.05, 0.1) is 6.20 Å².